The maximum Gasteiger partial charge on any atom is 0.237 e. The lowest BCUT2D eigenvalue weighted by molar-refractivity contribution is -0.115. The summed E-state index contributed by atoms with van der Waals surface area (Å²) in [6, 6.07) is 5.65. The summed E-state index contributed by atoms with van der Waals surface area (Å²) in [6.45, 7) is 5.80. The second-order valence-electron chi connectivity index (χ2n) is 4.91. The van der Waals surface area contributed by atoms with Crippen molar-refractivity contribution < 1.29 is 9.18 Å². The van der Waals surface area contributed by atoms with E-state index in [0.29, 0.717) is 10.8 Å². The van der Waals surface area contributed by atoms with Gasteiger partial charge in [0.2, 0.25) is 11.1 Å². The molecular weight excluding hydrogens is 291 g/mol. The number of nitrogens with one attached hydrogen (secondary N) is 2. The molecule has 0 spiro atoms. The molecule has 0 aliphatic carbocycles. The number of thioether (sulfide) groups is 1. The highest BCUT2D eigenvalue weighted by Gasteiger charge is 2.17. The number of amides is 1. The van der Waals surface area contributed by atoms with Gasteiger partial charge in [-0.1, -0.05) is 25.6 Å². The Morgan fingerprint density at radius 3 is 2.52 bits per heavy atom. The molecule has 2 aromatic rings. The van der Waals surface area contributed by atoms with Gasteiger partial charge in [0.25, 0.3) is 0 Å². The average molecular weight is 308 g/mol. The molecule has 7 heteroatoms. The first-order chi connectivity index (χ1) is 9.95. The molecule has 1 amide bonds. The van der Waals surface area contributed by atoms with Crippen LogP contribution < -0.4 is 5.32 Å². The molecule has 1 atom stereocenters. The highest BCUT2D eigenvalue weighted by molar-refractivity contribution is 8.00. The van der Waals surface area contributed by atoms with Crippen molar-refractivity contribution in [1.82, 2.24) is 15.2 Å². The van der Waals surface area contributed by atoms with Gasteiger partial charge < -0.3 is 5.32 Å². The summed E-state index contributed by atoms with van der Waals surface area (Å²) in [5.41, 5.74) is 0.562. The van der Waals surface area contributed by atoms with Crippen molar-refractivity contribution in [2.24, 2.45) is 0 Å². The van der Waals surface area contributed by atoms with Crippen molar-refractivity contribution in [3.05, 3.63) is 35.9 Å². The largest absolute Gasteiger partial charge is 0.325 e. The molecule has 2 rings (SSSR count). The minimum atomic E-state index is -0.356. The molecule has 2 N–H and O–H groups in total. The van der Waals surface area contributed by atoms with Gasteiger partial charge in [-0.3, -0.25) is 9.89 Å². The SMILES string of the molecule is CC(Sc1n[nH]c(C(C)C)n1)C(=O)Nc1ccc(F)cc1. The predicted octanol–water partition coefficient (Wildman–Crippen LogP) is 3.19. The Hall–Kier alpha value is -1.89. The van der Waals surface area contributed by atoms with Gasteiger partial charge >= 0.3 is 0 Å². The molecule has 21 heavy (non-hydrogen) atoms. The first-order valence-corrected chi connectivity index (χ1v) is 7.49. The van der Waals surface area contributed by atoms with Crippen LogP contribution in [0.3, 0.4) is 0 Å². The zero-order chi connectivity index (χ0) is 15.4. The number of rotatable bonds is 5. The minimum absolute atomic E-state index is 0.178. The van der Waals surface area contributed by atoms with Gasteiger partial charge in [-0.25, -0.2) is 9.37 Å². The molecule has 5 nitrogen and oxygen atoms in total. The van der Waals surface area contributed by atoms with Gasteiger partial charge in [-0.2, -0.15) is 0 Å². The van der Waals surface area contributed by atoms with Crippen molar-refractivity contribution in [3.8, 4) is 0 Å². The van der Waals surface area contributed by atoms with Crippen LogP contribution in [0, 0.1) is 5.82 Å². The minimum Gasteiger partial charge on any atom is -0.325 e. The molecule has 0 saturated heterocycles. The van der Waals surface area contributed by atoms with Crippen molar-refractivity contribution in [3.63, 3.8) is 0 Å². The average Bonchev–Trinajstić information content (AvgIpc) is 2.90. The second-order valence-corrected chi connectivity index (χ2v) is 6.22. The number of carbonyl (C=O) groups excluding carboxylic acids is 1. The maximum absolute atomic E-state index is 12.8. The Morgan fingerprint density at radius 1 is 1.29 bits per heavy atom. The third kappa shape index (κ3) is 4.29. The summed E-state index contributed by atoms with van der Waals surface area (Å²) in [4.78, 5) is 16.4. The summed E-state index contributed by atoms with van der Waals surface area (Å²) >= 11 is 1.27. The van der Waals surface area contributed by atoms with Crippen LogP contribution in [0.4, 0.5) is 10.1 Å². The molecular formula is C14H17FN4OS. The maximum atomic E-state index is 12.8. The van der Waals surface area contributed by atoms with Gasteiger partial charge in [0.15, 0.2) is 0 Å². The molecule has 1 aromatic heterocycles. The summed E-state index contributed by atoms with van der Waals surface area (Å²) in [6.07, 6.45) is 0. The molecule has 1 heterocycles. The lowest BCUT2D eigenvalue weighted by Crippen LogP contribution is -2.22. The summed E-state index contributed by atoms with van der Waals surface area (Å²) in [7, 11) is 0. The molecule has 0 radical (unpaired) electrons. The van der Waals surface area contributed by atoms with Crippen LogP contribution in [0.5, 0.6) is 0 Å². The Bertz CT molecular complexity index is 612. The molecule has 1 aromatic carbocycles. The molecule has 1 unspecified atom stereocenters. The smallest absolute Gasteiger partial charge is 0.237 e. The standard InChI is InChI=1S/C14H17FN4OS/c1-8(2)12-17-14(19-18-12)21-9(3)13(20)16-11-6-4-10(15)5-7-11/h4-9H,1-3H3,(H,16,20)(H,17,18,19). The van der Waals surface area contributed by atoms with E-state index >= 15 is 0 Å². The predicted molar refractivity (Wildman–Crippen MR) is 80.8 cm³/mol. The summed E-state index contributed by atoms with van der Waals surface area (Å²) in [5, 5.41) is 9.84. The Kier molecular flexibility index (Phi) is 4.95. The Morgan fingerprint density at radius 2 is 1.95 bits per heavy atom. The molecule has 0 saturated carbocycles. The van der Waals surface area contributed by atoms with E-state index in [1.165, 1.54) is 36.0 Å². The summed E-state index contributed by atoms with van der Waals surface area (Å²) < 4.78 is 12.8. The van der Waals surface area contributed by atoms with Crippen LogP contribution >= 0.6 is 11.8 Å². The first kappa shape index (κ1) is 15.5. The van der Waals surface area contributed by atoms with Crippen molar-refractivity contribution in [2.45, 2.75) is 37.1 Å². The quantitative estimate of drug-likeness (QED) is 0.832. The highest BCUT2D eigenvalue weighted by atomic mass is 32.2. The van der Waals surface area contributed by atoms with Crippen molar-refractivity contribution >= 4 is 23.4 Å². The van der Waals surface area contributed by atoms with Crippen molar-refractivity contribution in [2.75, 3.05) is 5.32 Å². The number of hydrogen-bond acceptors (Lipinski definition) is 4. The number of nitrogens with zero attached hydrogens (tertiary/aromatic N) is 2. The fourth-order valence-electron chi connectivity index (χ4n) is 1.56. The Balaban J connectivity index is 1.94. The van der Waals surface area contributed by atoms with Crippen LogP contribution in [0.2, 0.25) is 0 Å². The first-order valence-electron chi connectivity index (χ1n) is 6.61. The van der Waals surface area contributed by atoms with Crippen molar-refractivity contribution in [1.29, 1.82) is 0 Å². The zero-order valence-electron chi connectivity index (χ0n) is 12.1. The number of carbonyl (C=O) groups is 1. The number of aromatic amines is 1. The monoisotopic (exact) mass is 308 g/mol. The van der Waals surface area contributed by atoms with Crippen LogP contribution in [0.1, 0.15) is 32.5 Å². The Labute approximate surface area is 126 Å². The number of halogens is 1. The van der Waals surface area contributed by atoms with Crippen LogP contribution in [-0.2, 0) is 4.79 Å². The molecule has 0 bridgehead atoms. The number of anilines is 1. The third-order valence-electron chi connectivity index (χ3n) is 2.79. The number of aromatic nitrogens is 3. The lowest BCUT2D eigenvalue weighted by atomic mass is 10.2. The summed E-state index contributed by atoms with van der Waals surface area (Å²) in [5.74, 6) is 0.540. The lowest BCUT2D eigenvalue weighted by Gasteiger charge is -2.10. The van der Waals surface area contributed by atoms with E-state index in [1.807, 2.05) is 13.8 Å². The number of H-pyrrole nitrogens is 1. The molecule has 0 aliphatic rings. The number of benzene rings is 1. The van der Waals surface area contributed by atoms with Gasteiger partial charge in [0.05, 0.1) is 5.25 Å². The van der Waals surface area contributed by atoms with E-state index in [1.54, 1.807) is 6.92 Å². The van der Waals surface area contributed by atoms with E-state index in [4.69, 9.17) is 0 Å². The fraction of sp³-hybridized carbons (Fsp3) is 0.357. The molecule has 0 fully saturated rings. The van der Waals surface area contributed by atoms with Gasteiger partial charge in [0, 0.05) is 11.6 Å². The van der Waals surface area contributed by atoms with Gasteiger partial charge in [0.1, 0.15) is 11.6 Å². The van der Waals surface area contributed by atoms with E-state index in [2.05, 4.69) is 20.5 Å². The highest BCUT2D eigenvalue weighted by Crippen LogP contribution is 2.22. The fourth-order valence-corrected chi connectivity index (χ4v) is 2.29. The third-order valence-corrected chi connectivity index (χ3v) is 3.75. The van der Waals surface area contributed by atoms with E-state index < -0.39 is 0 Å². The van der Waals surface area contributed by atoms with E-state index in [9.17, 15) is 9.18 Å². The number of hydrogen-bond donors (Lipinski definition) is 2. The normalized spacial score (nSPS) is 12.4. The molecule has 112 valence electrons. The van der Waals surface area contributed by atoms with Crippen LogP contribution in [-0.4, -0.2) is 26.3 Å². The molecule has 0 aliphatic heterocycles. The van der Waals surface area contributed by atoms with Gasteiger partial charge in [-0.05, 0) is 31.2 Å². The van der Waals surface area contributed by atoms with E-state index in [0.717, 1.165) is 5.82 Å². The van der Waals surface area contributed by atoms with Gasteiger partial charge in [-0.15, -0.1) is 5.10 Å². The van der Waals surface area contributed by atoms with Crippen LogP contribution in [0.15, 0.2) is 29.4 Å². The topological polar surface area (TPSA) is 70.7 Å². The van der Waals surface area contributed by atoms with Crippen LogP contribution in [0.25, 0.3) is 0 Å². The van der Waals surface area contributed by atoms with E-state index in [-0.39, 0.29) is 22.9 Å². The zero-order valence-corrected chi connectivity index (χ0v) is 12.9. The second kappa shape index (κ2) is 6.71.